The summed E-state index contributed by atoms with van der Waals surface area (Å²) >= 11 is 1.14. The number of ether oxygens (including phenoxy) is 1. The van der Waals surface area contributed by atoms with Gasteiger partial charge in [-0.2, -0.15) is 0 Å². The Morgan fingerprint density at radius 2 is 1.81 bits per heavy atom. The minimum atomic E-state index is -0.628. The molecular weight excluding hydrogens is 369 g/mol. The Labute approximate surface area is 160 Å². The molecule has 0 bridgehead atoms. The summed E-state index contributed by atoms with van der Waals surface area (Å²) in [5.41, 5.74) is 0.716. The van der Waals surface area contributed by atoms with Gasteiger partial charge in [0.25, 0.3) is 11.1 Å². The van der Waals surface area contributed by atoms with Gasteiger partial charge in [-0.3, -0.25) is 4.79 Å². The Morgan fingerprint density at radius 1 is 1.11 bits per heavy atom. The maximum absolute atomic E-state index is 13.7. The van der Waals surface area contributed by atoms with Gasteiger partial charge in [-0.25, -0.2) is 4.39 Å². The van der Waals surface area contributed by atoms with E-state index in [4.69, 9.17) is 9.15 Å². The molecule has 0 saturated carbocycles. The fraction of sp³-hybridized carbons (Fsp3) is 0.211. The summed E-state index contributed by atoms with van der Waals surface area (Å²) in [4.78, 5) is 12.2. The number of benzene rings is 2. The van der Waals surface area contributed by atoms with Crippen molar-refractivity contribution in [3.63, 3.8) is 0 Å². The van der Waals surface area contributed by atoms with Gasteiger partial charge in [0.2, 0.25) is 5.91 Å². The molecule has 1 aromatic heterocycles. The minimum absolute atomic E-state index is 0.105. The van der Waals surface area contributed by atoms with Crippen LogP contribution in [-0.2, 0) is 4.79 Å². The largest absolute Gasteiger partial charge is 0.478 e. The smallest absolute Gasteiger partial charge is 0.277 e. The number of carbonyl (C=O) groups excluding carboxylic acids is 1. The highest BCUT2D eigenvalue weighted by Crippen LogP contribution is 2.27. The predicted octanol–water partition coefficient (Wildman–Crippen LogP) is 4.47. The maximum Gasteiger partial charge on any atom is 0.277 e. The van der Waals surface area contributed by atoms with E-state index in [9.17, 15) is 9.18 Å². The van der Waals surface area contributed by atoms with Crippen LogP contribution in [-0.4, -0.2) is 21.4 Å². The van der Waals surface area contributed by atoms with Crippen LogP contribution in [0.2, 0.25) is 0 Å². The molecule has 140 valence electrons. The van der Waals surface area contributed by atoms with E-state index in [1.165, 1.54) is 12.1 Å². The molecule has 0 fully saturated rings. The molecule has 2 aromatic carbocycles. The molecule has 0 aliphatic carbocycles. The molecule has 0 spiro atoms. The first-order valence-corrected chi connectivity index (χ1v) is 9.18. The van der Waals surface area contributed by atoms with E-state index in [2.05, 4.69) is 15.5 Å². The molecule has 0 unspecified atom stereocenters. The average molecular weight is 387 g/mol. The van der Waals surface area contributed by atoms with E-state index < -0.39 is 17.2 Å². The topological polar surface area (TPSA) is 77.2 Å². The summed E-state index contributed by atoms with van der Waals surface area (Å²) in [6, 6.07) is 15.3. The van der Waals surface area contributed by atoms with Crippen molar-refractivity contribution < 1.29 is 18.3 Å². The van der Waals surface area contributed by atoms with E-state index in [1.54, 1.807) is 26.0 Å². The van der Waals surface area contributed by atoms with Crippen LogP contribution in [0.15, 0.2) is 64.2 Å². The molecule has 1 amide bonds. The second-order valence-corrected chi connectivity index (χ2v) is 7.00. The number of rotatable bonds is 7. The number of hydrogen-bond acceptors (Lipinski definition) is 6. The average Bonchev–Trinajstić information content (AvgIpc) is 3.13. The molecule has 27 heavy (non-hydrogen) atoms. The highest BCUT2D eigenvalue weighted by atomic mass is 32.2. The highest BCUT2D eigenvalue weighted by molar-refractivity contribution is 8.00. The zero-order chi connectivity index (χ0) is 19.2. The van der Waals surface area contributed by atoms with Crippen LogP contribution in [0.1, 0.15) is 25.8 Å². The molecule has 1 N–H and O–H groups in total. The van der Waals surface area contributed by atoms with E-state index in [1.807, 2.05) is 30.3 Å². The number of aromatic nitrogens is 2. The van der Waals surface area contributed by atoms with Crippen LogP contribution in [0.5, 0.6) is 5.75 Å². The number of carbonyl (C=O) groups is 1. The fourth-order valence-corrected chi connectivity index (χ4v) is 2.87. The number of thioether (sulfide) groups is 1. The standard InChI is InChI=1S/C19H18FN3O3S/c1-12(25-16-11-7-6-10-15(16)20)18-22-23-19(26-18)27-13(2)17(24)21-14-8-4-3-5-9-14/h3-13H,1-2H3,(H,21,24)/t12-,13+/m0/s1. The molecule has 0 radical (unpaired) electrons. The van der Waals surface area contributed by atoms with Crippen LogP contribution in [0.4, 0.5) is 10.1 Å². The van der Waals surface area contributed by atoms with Crippen LogP contribution >= 0.6 is 11.8 Å². The first kappa shape index (κ1) is 18.9. The Kier molecular flexibility index (Phi) is 6.08. The third-order valence-electron chi connectivity index (χ3n) is 3.60. The number of nitrogens with one attached hydrogen (secondary N) is 1. The van der Waals surface area contributed by atoms with Crippen molar-refractivity contribution in [2.45, 2.75) is 30.4 Å². The normalized spacial score (nSPS) is 13.0. The third kappa shape index (κ3) is 5.07. The predicted molar refractivity (Wildman–Crippen MR) is 100 cm³/mol. The number of nitrogens with zero attached hydrogens (tertiary/aromatic N) is 2. The first-order chi connectivity index (χ1) is 13.0. The van der Waals surface area contributed by atoms with Gasteiger partial charge in [0.05, 0.1) is 5.25 Å². The van der Waals surface area contributed by atoms with Crippen molar-refractivity contribution in [1.82, 2.24) is 10.2 Å². The molecule has 0 aliphatic rings. The molecule has 8 heteroatoms. The highest BCUT2D eigenvalue weighted by Gasteiger charge is 2.21. The number of para-hydroxylation sites is 2. The van der Waals surface area contributed by atoms with Crippen LogP contribution in [0, 0.1) is 5.82 Å². The lowest BCUT2D eigenvalue weighted by Gasteiger charge is -2.11. The van der Waals surface area contributed by atoms with Crippen LogP contribution in [0.3, 0.4) is 0 Å². The Balaban J connectivity index is 1.58. The molecule has 1 heterocycles. The molecule has 0 saturated heterocycles. The van der Waals surface area contributed by atoms with Gasteiger partial charge in [-0.1, -0.05) is 42.1 Å². The van der Waals surface area contributed by atoms with E-state index in [0.717, 1.165) is 11.8 Å². The monoisotopic (exact) mass is 387 g/mol. The number of anilines is 1. The molecular formula is C19H18FN3O3S. The second-order valence-electron chi connectivity index (χ2n) is 5.71. The third-order valence-corrected chi connectivity index (χ3v) is 4.53. The van der Waals surface area contributed by atoms with Crippen molar-refractivity contribution in [3.8, 4) is 5.75 Å². The fourth-order valence-electron chi connectivity index (χ4n) is 2.18. The van der Waals surface area contributed by atoms with Crippen molar-refractivity contribution in [3.05, 3.63) is 66.3 Å². The second kappa shape index (κ2) is 8.68. The van der Waals surface area contributed by atoms with Gasteiger partial charge in [0, 0.05) is 5.69 Å². The summed E-state index contributed by atoms with van der Waals surface area (Å²) in [6.07, 6.45) is -0.628. The molecule has 3 rings (SSSR count). The molecule has 3 aromatic rings. The molecule has 0 aliphatic heterocycles. The summed E-state index contributed by atoms with van der Waals surface area (Å²) < 4.78 is 24.7. The van der Waals surface area contributed by atoms with Crippen molar-refractivity contribution >= 4 is 23.4 Å². The lowest BCUT2D eigenvalue weighted by molar-refractivity contribution is -0.115. The molecule has 6 nitrogen and oxygen atoms in total. The van der Waals surface area contributed by atoms with E-state index in [0.29, 0.717) is 5.69 Å². The zero-order valence-electron chi connectivity index (χ0n) is 14.8. The van der Waals surface area contributed by atoms with E-state index >= 15 is 0 Å². The Morgan fingerprint density at radius 3 is 2.56 bits per heavy atom. The maximum atomic E-state index is 13.7. The number of amides is 1. The van der Waals surface area contributed by atoms with Gasteiger partial charge in [-0.15, -0.1) is 10.2 Å². The van der Waals surface area contributed by atoms with Crippen molar-refractivity contribution in [2.24, 2.45) is 0 Å². The van der Waals surface area contributed by atoms with Gasteiger partial charge in [0.1, 0.15) is 0 Å². The van der Waals surface area contributed by atoms with Crippen molar-refractivity contribution in [1.29, 1.82) is 0 Å². The van der Waals surface area contributed by atoms with Gasteiger partial charge < -0.3 is 14.5 Å². The summed E-state index contributed by atoms with van der Waals surface area (Å²) in [7, 11) is 0. The van der Waals surface area contributed by atoms with Crippen LogP contribution < -0.4 is 10.1 Å². The number of hydrogen-bond donors (Lipinski definition) is 1. The molecule has 2 atom stereocenters. The van der Waals surface area contributed by atoms with E-state index in [-0.39, 0.29) is 22.8 Å². The van der Waals surface area contributed by atoms with Gasteiger partial charge >= 0.3 is 0 Å². The zero-order valence-corrected chi connectivity index (χ0v) is 15.6. The minimum Gasteiger partial charge on any atom is -0.478 e. The lowest BCUT2D eigenvalue weighted by Crippen LogP contribution is -2.22. The Bertz CT molecular complexity index is 904. The van der Waals surface area contributed by atoms with Crippen LogP contribution in [0.25, 0.3) is 0 Å². The van der Waals surface area contributed by atoms with Gasteiger partial charge in [-0.05, 0) is 38.1 Å². The SMILES string of the molecule is C[C@H](Oc1ccccc1F)c1nnc(S[C@H](C)C(=O)Nc2ccccc2)o1. The summed E-state index contributed by atoms with van der Waals surface area (Å²) in [5, 5.41) is 10.5. The van der Waals surface area contributed by atoms with Gasteiger partial charge in [0.15, 0.2) is 17.7 Å². The Hall–Kier alpha value is -2.87. The summed E-state index contributed by atoms with van der Waals surface area (Å²) in [6.45, 7) is 3.42. The van der Waals surface area contributed by atoms with Crippen molar-refractivity contribution in [2.75, 3.05) is 5.32 Å². The first-order valence-electron chi connectivity index (χ1n) is 8.30. The number of halogens is 1. The quantitative estimate of drug-likeness (QED) is 0.603. The summed E-state index contributed by atoms with van der Waals surface area (Å²) in [5.74, 6) is -0.337. The lowest BCUT2D eigenvalue weighted by atomic mass is 10.3.